The number of aryl methyl sites for hydroxylation is 1. The molecular formula is C13H11FN4O. The molecule has 2 aromatic heterocycles. The van der Waals surface area contributed by atoms with Crippen molar-refractivity contribution in [1.29, 1.82) is 0 Å². The van der Waals surface area contributed by atoms with Crippen LogP contribution in [0, 0.1) is 12.7 Å². The fourth-order valence-corrected chi connectivity index (χ4v) is 1.89. The number of methoxy groups -OCH3 is 1. The lowest BCUT2D eigenvalue weighted by atomic mass is 10.1. The van der Waals surface area contributed by atoms with Crippen molar-refractivity contribution in [2.45, 2.75) is 6.92 Å². The van der Waals surface area contributed by atoms with Gasteiger partial charge in [0.25, 0.3) is 5.78 Å². The van der Waals surface area contributed by atoms with Gasteiger partial charge in [0.2, 0.25) is 0 Å². The van der Waals surface area contributed by atoms with Gasteiger partial charge in [0, 0.05) is 23.5 Å². The van der Waals surface area contributed by atoms with Crippen molar-refractivity contribution in [3.63, 3.8) is 0 Å². The van der Waals surface area contributed by atoms with Crippen LogP contribution in [0.25, 0.3) is 16.9 Å². The SMILES string of the molecule is COc1ccc(F)c(-c2cnc3nnc(C)n3c2)c1. The second kappa shape index (κ2) is 4.31. The Balaban J connectivity index is 2.20. The van der Waals surface area contributed by atoms with Gasteiger partial charge in [-0.15, -0.1) is 10.2 Å². The number of halogens is 1. The van der Waals surface area contributed by atoms with E-state index >= 15 is 0 Å². The first-order valence-electron chi connectivity index (χ1n) is 5.70. The molecule has 0 saturated carbocycles. The summed E-state index contributed by atoms with van der Waals surface area (Å²) in [6.45, 7) is 1.81. The van der Waals surface area contributed by atoms with Crippen molar-refractivity contribution < 1.29 is 9.13 Å². The van der Waals surface area contributed by atoms with Gasteiger partial charge < -0.3 is 4.74 Å². The molecule has 0 N–H and O–H groups in total. The van der Waals surface area contributed by atoms with Gasteiger partial charge in [0.05, 0.1) is 7.11 Å². The Morgan fingerprint density at radius 2 is 2.11 bits per heavy atom. The zero-order valence-electron chi connectivity index (χ0n) is 10.5. The number of ether oxygens (including phenoxy) is 1. The predicted octanol–water partition coefficient (Wildman–Crippen LogP) is 2.25. The number of fused-ring (bicyclic) bond motifs is 1. The van der Waals surface area contributed by atoms with Gasteiger partial charge in [-0.3, -0.25) is 4.40 Å². The van der Waals surface area contributed by atoms with Gasteiger partial charge in [-0.05, 0) is 25.1 Å². The number of aromatic nitrogens is 4. The summed E-state index contributed by atoms with van der Waals surface area (Å²) in [5.41, 5.74) is 1.08. The number of hydrogen-bond acceptors (Lipinski definition) is 4. The maximum Gasteiger partial charge on any atom is 0.254 e. The lowest BCUT2D eigenvalue weighted by molar-refractivity contribution is 0.414. The van der Waals surface area contributed by atoms with Crippen LogP contribution in [-0.4, -0.2) is 26.7 Å². The summed E-state index contributed by atoms with van der Waals surface area (Å²) in [7, 11) is 1.54. The van der Waals surface area contributed by atoms with Crippen molar-refractivity contribution in [2.75, 3.05) is 7.11 Å². The number of rotatable bonds is 2. The quantitative estimate of drug-likeness (QED) is 0.707. The second-order valence-electron chi connectivity index (χ2n) is 4.11. The third kappa shape index (κ3) is 1.91. The van der Waals surface area contributed by atoms with Gasteiger partial charge in [0.1, 0.15) is 17.4 Å². The molecule has 0 spiro atoms. The minimum absolute atomic E-state index is 0.326. The van der Waals surface area contributed by atoms with Crippen LogP contribution in [0.15, 0.2) is 30.6 Å². The molecule has 0 atom stereocenters. The van der Waals surface area contributed by atoms with E-state index in [0.29, 0.717) is 28.5 Å². The Morgan fingerprint density at radius 3 is 2.89 bits per heavy atom. The van der Waals surface area contributed by atoms with E-state index < -0.39 is 0 Å². The van der Waals surface area contributed by atoms with Crippen LogP contribution < -0.4 is 4.74 Å². The van der Waals surface area contributed by atoms with E-state index in [1.54, 1.807) is 36.0 Å². The molecule has 0 amide bonds. The molecule has 3 rings (SSSR count). The van der Waals surface area contributed by atoms with Gasteiger partial charge in [-0.1, -0.05) is 0 Å². The first-order chi connectivity index (χ1) is 9.19. The van der Waals surface area contributed by atoms with Crippen molar-refractivity contribution in [1.82, 2.24) is 19.6 Å². The highest BCUT2D eigenvalue weighted by molar-refractivity contribution is 5.65. The minimum Gasteiger partial charge on any atom is -0.497 e. The highest BCUT2D eigenvalue weighted by Crippen LogP contribution is 2.26. The first-order valence-corrected chi connectivity index (χ1v) is 5.70. The smallest absolute Gasteiger partial charge is 0.254 e. The monoisotopic (exact) mass is 258 g/mol. The summed E-state index contributed by atoms with van der Waals surface area (Å²) in [6, 6.07) is 4.59. The molecular weight excluding hydrogens is 247 g/mol. The van der Waals surface area contributed by atoms with Crippen LogP contribution in [-0.2, 0) is 0 Å². The zero-order chi connectivity index (χ0) is 13.4. The zero-order valence-corrected chi connectivity index (χ0v) is 10.5. The van der Waals surface area contributed by atoms with Crippen molar-refractivity contribution in [3.05, 3.63) is 42.2 Å². The largest absolute Gasteiger partial charge is 0.497 e. The number of benzene rings is 1. The predicted molar refractivity (Wildman–Crippen MR) is 67.5 cm³/mol. The van der Waals surface area contributed by atoms with E-state index in [4.69, 9.17) is 4.74 Å². The third-order valence-electron chi connectivity index (χ3n) is 2.92. The van der Waals surface area contributed by atoms with Crippen LogP contribution in [0.4, 0.5) is 4.39 Å². The van der Waals surface area contributed by atoms with Crippen molar-refractivity contribution in [2.24, 2.45) is 0 Å². The summed E-state index contributed by atoms with van der Waals surface area (Å²) >= 11 is 0. The Morgan fingerprint density at radius 1 is 1.26 bits per heavy atom. The van der Waals surface area contributed by atoms with E-state index in [-0.39, 0.29) is 5.82 Å². The van der Waals surface area contributed by atoms with Gasteiger partial charge in [-0.2, -0.15) is 0 Å². The lowest BCUT2D eigenvalue weighted by Crippen LogP contribution is -1.94. The maximum absolute atomic E-state index is 13.9. The molecule has 3 aromatic rings. The summed E-state index contributed by atoms with van der Waals surface area (Å²) in [5, 5.41) is 7.81. The molecule has 0 bridgehead atoms. The fraction of sp³-hybridized carbons (Fsp3) is 0.154. The van der Waals surface area contributed by atoms with Crippen LogP contribution in [0.5, 0.6) is 5.75 Å². The van der Waals surface area contributed by atoms with Crippen LogP contribution in [0.1, 0.15) is 5.82 Å². The summed E-state index contributed by atoms with van der Waals surface area (Å²) in [5.74, 6) is 1.46. The van der Waals surface area contributed by atoms with E-state index in [1.165, 1.54) is 6.07 Å². The molecule has 0 aliphatic carbocycles. The average Bonchev–Trinajstić information content (AvgIpc) is 2.81. The third-order valence-corrected chi connectivity index (χ3v) is 2.92. The van der Waals surface area contributed by atoms with E-state index in [1.807, 2.05) is 6.92 Å². The molecule has 96 valence electrons. The normalized spacial score (nSPS) is 10.9. The molecule has 0 aliphatic heterocycles. The Labute approximate surface area is 108 Å². The van der Waals surface area contributed by atoms with E-state index in [9.17, 15) is 4.39 Å². The number of nitrogens with zero attached hydrogens (tertiary/aromatic N) is 4. The summed E-state index contributed by atoms with van der Waals surface area (Å²) in [6.07, 6.45) is 3.33. The van der Waals surface area contributed by atoms with Crippen molar-refractivity contribution >= 4 is 5.78 Å². The Hall–Kier alpha value is -2.50. The summed E-state index contributed by atoms with van der Waals surface area (Å²) in [4.78, 5) is 4.16. The van der Waals surface area contributed by atoms with E-state index in [0.717, 1.165) is 0 Å². The highest BCUT2D eigenvalue weighted by Gasteiger charge is 2.10. The average molecular weight is 258 g/mol. The molecule has 0 radical (unpaired) electrons. The molecule has 0 fully saturated rings. The minimum atomic E-state index is -0.326. The lowest BCUT2D eigenvalue weighted by Gasteiger charge is -2.06. The van der Waals surface area contributed by atoms with Gasteiger partial charge in [-0.25, -0.2) is 9.37 Å². The second-order valence-corrected chi connectivity index (χ2v) is 4.11. The van der Waals surface area contributed by atoms with Gasteiger partial charge >= 0.3 is 0 Å². The topological polar surface area (TPSA) is 52.3 Å². The first kappa shape index (κ1) is 11.6. The van der Waals surface area contributed by atoms with Crippen molar-refractivity contribution in [3.8, 4) is 16.9 Å². The molecule has 2 heterocycles. The van der Waals surface area contributed by atoms with E-state index in [2.05, 4.69) is 15.2 Å². The molecule has 1 aromatic carbocycles. The molecule has 6 heteroatoms. The number of hydrogen-bond donors (Lipinski definition) is 0. The Kier molecular flexibility index (Phi) is 2.63. The molecule has 0 aliphatic rings. The summed E-state index contributed by atoms with van der Waals surface area (Å²) < 4.78 is 20.7. The molecule has 0 saturated heterocycles. The van der Waals surface area contributed by atoms with Crippen LogP contribution in [0.3, 0.4) is 0 Å². The van der Waals surface area contributed by atoms with Gasteiger partial charge in [0.15, 0.2) is 0 Å². The fourth-order valence-electron chi connectivity index (χ4n) is 1.89. The molecule has 0 unspecified atom stereocenters. The Bertz CT molecular complexity index is 753. The standard InChI is InChI=1S/C13H11FN4O/c1-8-16-17-13-15-6-9(7-18(8)13)11-5-10(19-2)3-4-12(11)14/h3-7H,1-2H3. The van der Waals surface area contributed by atoms with Crippen LogP contribution >= 0.6 is 0 Å². The molecule has 5 nitrogen and oxygen atoms in total. The maximum atomic E-state index is 13.9. The molecule has 19 heavy (non-hydrogen) atoms. The van der Waals surface area contributed by atoms with Crippen LogP contribution in [0.2, 0.25) is 0 Å². The highest BCUT2D eigenvalue weighted by atomic mass is 19.1.